The highest BCUT2D eigenvalue weighted by Gasteiger charge is 2.40. The fourth-order valence-corrected chi connectivity index (χ4v) is 6.46. The molecule has 4 N–H and O–H groups in total. The maximum Gasteiger partial charge on any atom is 0.407 e. The Hall–Kier alpha value is -3.65. The Morgan fingerprint density at radius 3 is 2.09 bits per heavy atom. The molecule has 1 fully saturated rings. The van der Waals surface area contributed by atoms with Crippen LogP contribution in [0.3, 0.4) is 0 Å². The van der Waals surface area contributed by atoms with Gasteiger partial charge in [-0.25, -0.2) is 4.79 Å². The number of ketones is 1. The van der Waals surface area contributed by atoms with E-state index in [0.29, 0.717) is 19.3 Å². The van der Waals surface area contributed by atoms with Gasteiger partial charge in [0.25, 0.3) is 10.2 Å². The molecular weight excluding hydrogens is 624 g/mol. The van der Waals surface area contributed by atoms with Crippen LogP contribution in [0.4, 0.5) is 4.79 Å². The molecule has 2 aromatic carbocycles. The maximum absolute atomic E-state index is 13.5. The smallest absolute Gasteiger partial charge is 0.407 e. The zero-order valence-electron chi connectivity index (χ0n) is 28.0. The largest absolute Gasteiger partial charge is 0.445 e. The molecule has 2 aromatic rings. The van der Waals surface area contributed by atoms with Crippen LogP contribution >= 0.6 is 0 Å². The number of alkyl carbamates (subject to hydrolysis) is 1. The van der Waals surface area contributed by atoms with Gasteiger partial charge in [-0.05, 0) is 63.5 Å². The number of aliphatic hydroxyl groups excluding tert-OH is 1. The molecule has 2 amide bonds. The van der Waals surface area contributed by atoms with Gasteiger partial charge in [0.2, 0.25) is 5.91 Å². The van der Waals surface area contributed by atoms with Crippen molar-refractivity contribution in [1.29, 1.82) is 0 Å². The summed E-state index contributed by atoms with van der Waals surface area (Å²) in [4.78, 5) is 46.0. The number of aliphatic hydroxyl groups is 1. The monoisotopic (exact) mass is 674 g/mol. The van der Waals surface area contributed by atoms with Crippen LogP contribution in [0.25, 0.3) is 0 Å². The Labute approximate surface area is 278 Å². The first kappa shape index (κ1) is 39.5. The highest BCUT2D eigenvalue weighted by molar-refractivity contribution is 7.87. The van der Waals surface area contributed by atoms with E-state index >= 15 is 0 Å². The number of carbonyl (C=O) groups is 4. The SMILES string of the molecule is C=O.CC(=O)C(C)(C)NS(=O)(=O)N(CCC(C)C)CC(O)C(Cc1ccccc1)NC(=O)C1CCC1NC(=O)OCc1ccccc1. The Morgan fingerprint density at radius 2 is 1.57 bits per heavy atom. The lowest BCUT2D eigenvalue weighted by Crippen LogP contribution is -2.59. The summed E-state index contributed by atoms with van der Waals surface area (Å²) in [7, 11) is -4.18. The van der Waals surface area contributed by atoms with Crippen LogP contribution in [-0.4, -0.2) is 79.2 Å². The lowest BCUT2D eigenvalue weighted by atomic mass is 9.78. The summed E-state index contributed by atoms with van der Waals surface area (Å²) in [6, 6.07) is 17.3. The van der Waals surface area contributed by atoms with Crippen LogP contribution in [0.15, 0.2) is 60.7 Å². The van der Waals surface area contributed by atoms with Gasteiger partial charge < -0.3 is 25.3 Å². The average molecular weight is 675 g/mol. The Kier molecular flexibility index (Phi) is 15.7. The minimum absolute atomic E-state index is 0.107. The third kappa shape index (κ3) is 12.8. The predicted octanol–water partition coefficient (Wildman–Crippen LogP) is 3.15. The summed E-state index contributed by atoms with van der Waals surface area (Å²) in [5.74, 6) is -1.04. The second kappa shape index (κ2) is 18.6. The molecule has 0 aromatic heterocycles. The van der Waals surface area contributed by atoms with Crippen LogP contribution in [-0.2, 0) is 42.4 Å². The molecule has 1 saturated carbocycles. The fraction of sp³-hybridized carbons (Fsp3) is 0.529. The molecule has 0 saturated heterocycles. The van der Waals surface area contributed by atoms with Gasteiger partial charge in [-0.3, -0.25) is 9.59 Å². The molecule has 12 nitrogen and oxygen atoms in total. The highest BCUT2D eigenvalue weighted by atomic mass is 32.2. The number of benzene rings is 2. The molecule has 47 heavy (non-hydrogen) atoms. The van der Waals surface area contributed by atoms with Gasteiger partial charge in [-0.2, -0.15) is 17.4 Å². The first-order valence-electron chi connectivity index (χ1n) is 15.8. The molecule has 4 atom stereocenters. The summed E-state index contributed by atoms with van der Waals surface area (Å²) in [6.45, 7) is 10.1. The summed E-state index contributed by atoms with van der Waals surface area (Å²) in [5, 5.41) is 17.2. The van der Waals surface area contributed by atoms with Gasteiger partial charge in [-0.1, -0.05) is 74.5 Å². The van der Waals surface area contributed by atoms with Gasteiger partial charge >= 0.3 is 6.09 Å². The number of Topliss-reactive ketones (excluding diaryl/α,β-unsaturated/α-hetero) is 1. The van der Waals surface area contributed by atoms with E-state index in [2.05, 4.69) is 15.4 Å². The van der Waals surface area contributed by atoms with Crippen molar-refractivity contribution in [3.05, 3.63) is 71.8 Å². The Morgan fingerprint density at radius 1 is 1.00 bits per heavy atom. The number of carbonyl (C=O) groups excluding carboxylic acids is 4. The molecule has 4 unspecified atom stereocenters. The summed E-state index contributed by atoms with van der Waals surface area (Å²) >= 11 is 0. The standard InChI is InChI=1S/C33H48N4O7S.CH2O/c1-23(2)18-19-37(45(42,43)36-33(4,5)24(3)38)21-30(39)29(20-25-12-8-6-9-13-25)34-31(40)27-16-17-28(27)35-32(41)44-22-26-14-10-7-11-15-26;1-2/h6-15,23,27-30,36,39H,16-22H2,1-5H3,(H,34,40)(H,35,41);1H2. The second-order valence-electron chi connectivity index (χ2n) is 12.7. The average Bonchev–Trinajstić information content (AvgIpc) is 3.01. The molecule has 13 heteroatoms. The van der Waals surface area contributed by atoms with Crippen molar-refractivity contribution in [3.63, 3.8) is 0 Å². The lowest BCUT2D eigenvalue weighted by Gasteiger charge is -2.37. The van der Waals surface area contributed by atoms with Gasteiger partial charge in [0.05, 0.1) is 23.6 Å². The fourth-order valence-electron chi connectivity index (χ4n) is 4.85. The Balaban J connectivity index is 0.00000376. The number of ether oxygens (including phenoxy) is 1. The third-order valence-corrected chi connectivity index (χ3v) is 9.95. The predicted molar refractivity (Wildman–Crippen MR) is 179 cm³/mol. The number of amides is 2. The molecule has 1 aliphatic carbocycles. The van der Waals surface area contributed by atoms with E-state index in [-0.39, 0.29) is 43.7 Å². The van der Waals surface area contributed by atoms with E-state index in [1.165, 1.54) is 20.8 Å². The van der Waals surface area contributed by atoms with E-state index in [9.17, 15) is 27.9 Å². The number of nitrogens with zero attached hydrogens (tertiary/aromatic N) is 1. The quantitative estimate of drug-likeness (QED) is 0.198. The molecule has 1 aliphatic rings. The molecule has 0 spiro atoms. The number of hydrogen-bond donors (Lipinski definition) is 4. The zero-order valence-corrected chi connectivity index (χ0v) is 28.8. The van der Waals surface area contributed by atoms with Crippen molar-refractivity contribution in [1.82, 2.24) is 19.7 Å². The lowest BCUT2D eigenvalue weighted by molar-refractivity contribution is -0.130. The maximum atomic E-state index is 13.5. The first-order chi connectivity index (χ1) is 22.2. The number of nitrogens with one attached hydrogen (secondary N) is 3. The van der Waals surface area contributed by atoms with Crippen LogP contribution < -0.4 is 15.4 Å². The van der Waals surface area contributed by atoms with Gasteiger partial charge in [-0.15, -0.1) is 0 Å². The topological polar surface area (TPSA) is 171 Å². The third-order valence-electron chi connectivity index (χ3n) is 8.17. The summed E-state index contributed by atoms with van der Waals surface area (Å²) < 4.78 is 35.9. The number of rotatable bonds is 17. The molecular formula is C34H50N4O8S. The van der Waals surface area contributed by atoms with Crippen molar-refractivity contribution < 1.29 is 37.4 Å². The van der Waals surface area contributed by atoms with Crippen LogP contribution in [0.2, 0.25) is 0 Å². The van der Waals surface area contributed by atoms with Crippen LogP contribution in [0.1, 0.15) is 65.0 Å². The highest BCUT2D eigenvalue weighted by Crippen LogP contribution is 2.28. The van der Waals surface area contributed by atoms with Crippen molar-refractivity contribution in [2.75, 3.05) is 13.1 Å². The van der Waals surface area contributed by atoms with E-state index in [4.69, 9.17) is 9.53 Å². The molecule has 260 valence electrons. The van der Waals surface area contributed by atoms with Crippen molar-refractivity contribution in [2.24, 2.45) is 11.8 Å². The van der Waals surface area contributed by atoms with Gasteiger partial charge in [0.15, 0.2) is 0 Å². The van der Waals surface area contributed by atoms with E-state index in [1.54, 1.807) is 0 Å². The zero-order chi connectivity index (χ0) is 35.2. The molecule has 0 bridgehead atoms. The first-order valence-corrected chi connectivity index (χ1v) is 17.2. The van der Waals surface area contributed by atoms with Crippen molar-refractivity contribution >= 4 is 34.8 Å². The van der Waals surface area contributed by atoms with Crippen molar-refractivity contribution in [2.45, 2.75) is 90.6 Å². The minimum Gasteiger partial charge on any atom is -0.445 e. The molecule has 0 heterocycles. The van der Waals surface area contributed by atoms with Gasteiger partial charge in [0.1, 0.15) is 19.2 Å². The van der Waals surface area contributed by atoms with E-state index < -0.39 is 45.9 Å². The Bertz CT molecular complexity index is 1390. The van der Waals surface area contributed by atoms with Crippen LogP contribution in [0.5, 0.6) is 0 Å². The summed E-state index contributed by atoms with van der Waals surface area (Å²) in [6.07, 6.45) is 0.0305. The summed E-state index contributed by atoms with van der Waals surface area (Å²) in [5.41, 5.74) is 0.353. The normalized spacial score (nSPS) is 17.4. The number of hydrogen-bond acceptors (Lipinski definition) is 8. The van der Waals surface area contributed by atoms with E-state index in [0.717, 1.165) is 15.4 Å². The van der Waals surface area contributed by atoms with Crippen LogP contribution in [0, 0.1) is 11.8 Å². The van der Waals surface area contributed by atoms with E-state index in [1.807, 2.05) is 81.3 Å². The van der Waals surface area contributed by atoms with Gasteiger partial charge in [0, 0.05) is 19.1 Å². The van der Waals surface area contributed by atoms with Crippen molar-refractivity contribution in [3.8, 4) is 0 Å². The molecule has 3 rings (SSSR count). The molecule has 0 aliphatic heterocycles. The molecule has 0 radical (unpaired) electrons. The second-order valence-corrected chi connectivity index (χ2v) is 14.4. The minimum atomic E-state index is -4.18.